The van der Waals surface area contributed by atoms with Gasteiger partial charge in [-0.1, -0.05) is 30.3 Å². The fraction of sp³-hybridized carbons (Fsp3) is 0.136. The minimum absolute atomic E-state index is 0.231. The van der Waals surface area contributed by atoms with Crippen molar-refractivity contribution in [2.24, 2.45) is 0 Å². The summed E-state index contributed by atoms with van der Waals surface area (Å²) in [5, 5.41) is 1.10. The molecule has 26 heavy (non-hydrogen) atoms. The van der Waals surface area contributed by atoms with E-state index in [-0.39, 0.29) is 5.82 Å². The molecular weight excluding hydrogens is 325 g/mol. The third kappa shape index (κ3) is 3.37. The van der Waals surface area contributed by atoms with E-state index in [2.05, 4.69) is 52.2 Å². The number of nitrogens with one attached hydrogen (secondary N) is 1. The van der Waals surface area contributed by atoms with E-state index < -0.39 is 0 Å². The van der Waals surface area contributed by atoms with Crippen LogP contribution >= 0.6 is 0 Å². The van der Waals surface area contributed by atoms with E-state index in [0.717, 1.165) is 35.4 Å². The van der Waals surface area contributed by atoms with E-state index in [1.807, 2.05) is 12.1 Å². The molecule has 0 aliphatic carbocycles. The van der Waals surface area contributed by atoms with Crippen LogP contribution in [0.1, 0.15) is 11.1 Å². The molecule has 0 amide bonds. The number of halogens is 1. The molecule has 3 nitrogen and oxygen atoms in total. The average Bonchev–Trinajstić information content (AvgIpc) is 3.02. The molecular formula is C22H20FN3. The van der Waals surface area contributed by atoms with E-state index in [4.69, 9.17) is 0 Å². The van der Waals surface area contributed by atoms with Gasteiger partial charge in [0.05, 0.1) is 5.69 Å². The number of fused-ring (bicyclic) bond motifs is 1. The Bertz CT molecular complexity index is 1010. The number of H-pyrrole nitrogens is 1. The second kappa shape index (κ2) is 7.10. The summed E-state index contributed by atoms with van der Waals surface area (Å²) in [5.41, 5.74) is 5.27. The fourth-order valence-electron chi connectivity index (χ4n) is 3.33. The molecule has 0 unspecified atom stereocenters. The van der Waals surface area contributed by atoms with Gasteiger partial charge in [-0.15, -0.1) is 0 Å². The highest BCUT2D eigenvalue weighted by Crippen LogP contribution is 2.30. The van der Waals surface area contributed by atoms with Crippen molar-refractivity contribution in [2.45, 2.75) is 13.1 Å². The number of aromatic nitrogens is 2. The third-order valence-electron chi connectivity index (χ3n) is 4.53. The van der Waals surface area contributed by atoms with Gasteiger partial charge < -0.3 is 4.98 Å². The first-order chi connectivity index (χ1) is 12.7. The monoisotopic (exact) mass is 345 g/mol. The maximum Gasteiger partial charge on any atom is 0.138 e. The lowest BCUT2D eigenvalue weighted by molar-refractivity contribution is 0.320. The van der Waals surface area contributed by atoms with E-state index in [1.165, 1.54) is 23.3 Å². The van der Waals surface area contributed by atoms with Crippen LogP contribution in [0.4, 0.5) is 4.39 Å². The molecule has 0 radical (unpaired) electrons. The predicted octanol–water partition coefficient (Wildman–Crippen LogP) is 5.00. The van der Waals surface area contributed by atoms with Crippen LogP contribution in [0.15, 0.2) is 72.9 Å². The normalized spacial score (nSPS) is 11.3. The number of pyridine rings is 1. The lowest BCUT2D eigenvalue weighted by Gasteiger charge is -2.17. The molecule has 4 heteroatoms. The molecule has 2 heterocycles. The number of aromatic amines is 1. The predicted molar refractivity (Wildman–Crippen MR) is 103 cm³/mol. The summed E-state index contributed by atoms with van der Waals surface area (Å²) in [6, 6.07) is 21.0. The van der Waals surface area contributed by atoms with Crippen molar-refractivity contribution < 1.29 is 4.39 Å². The topological polar surface area (TPSA) is 31.9 Å². The Kier molecular flexibility index (Phi) is 4.50. The number of hydrogen-bond donors (Lipinski definition) is 1. The number of rotatable bonds is 5. The second-order valence-electron chi connectivity index (χ2n) is 6.54. The average molecular weight is 345 g/mol. The molecule has 4 rings (SSSR count). The van der Waals surface area contributed by atoms with E-state index in [9.17, 15) is 4.39 Å². The summed E-state index contributed by atoms with van der Waals surface area (Å²) in [5.74, 6) is -0.231. The fourth-order valence-corrected chi connectivity index (χ4v) is 3.33. The quantitative estimate of drug-likeness (QED) is 0.552. The van der Waals surface area contributed by atoms with Gasteiger partial charge in [-0.25, -0.2) is 9.37 Å². The Morgan fingerprint density at radius 2 is 1.69 bits per heavy atom. The summed E-state index contributed by atoms with van der Waals surface area (Å²) in [6.45, 7) is 1.63. The summed E-state index contributed by atoms with van der Waals surface area (Å²) >= 11 is 0. The van der Waals surface area contributed by atoms with Gasteiger partial charge in [0, 0.05) is 30.2 Å². The molecule has 130 valence electrons. The van der Waals surface area contributed by atoms with Crippen molar-refractivity contribution in [1.82, 2.24) is 14.9 Å². The first-order valence-electron chi connectivity index (χ1n) is 8.64. The van der Waals surface area contributed by atoms with Crippen molar-refractivity contribution in [2.75, 3.05) is 7.05 Å². The van der Waals surface area contributed by atoms with Crippen LogP contribution in [0.25, 0.3) is 22.3 Å². The number of benzene rings is 2. The van der Waals surface area contributed by atoms with Crippen molar-refractivity contribution in [1.29, 1.82) is 0 Å². The molecule has 0 atom stereocenters. The minimum atomic E-state index is -0.231. The highest BCUT2D eigenvalue weighted by molar-refractivity contribution is 5.88. The third-order valence-corrected chi connectivity index (χ3v) is 4.53. The van der Waals surface area contributed by atoms with Gasteiger partial charge in [-0.3, -0.25) is 4.90 Å². The Balaban J connectivity index is 1.70. The Labute approximate surface area is 152 Å². The standard InChI is InChI=1S/C22H20FN3/c1-26(14-16-6-3-2-4-7-16)15-20-19-8-5-13-24-22(19)25-21(20)17-9-11-18(23)12-10-17/h2-13H,14-15H2,1H3,(H,24,25). The molecule has 0 fully saturated rings. The van der Waals surface area contributed by atoms with Crippen LogP contribution in [0.2, 0.25) is 0 Å². The van der Waals surface area contributed by atoms with Gasteiger partial charge in [0.1, 0.15) is 11.5 Å². The van der Waals surface area contributed by atoms with Gasteiger partial charge in [-0.2, -0.15) is 0 Å². The molecule has 2 aromatic heterocycles. The molecule has 0 aliphatic rings. The van der Waals surface area contributed by atoms with Gasteiger partial charge in [-0.05, 0) is 54.6 Å². The van der Waals surface area contributed by atoms with Gasteiger partial charge >= 0.3 is 0 Å². The second-order valence-corrected chi connectivity index (χ2v) is 6.54. The molecule has 2 aromatic carbocycles. The summed E-state index contributed by atoms with van der Waals surface area (Å²) < 4.78 is 13.3. The summed E-state index contributed by atoms with van der Waals surface area (Å²) in [4.78, 5) is 10.1. The van der Waals surface area contributed by atoms with Crippen molar-refractivity contribution in [3.8, 4) is 11.3 Å². The zero-order valence-corrected chi connectivity index (χ0v) is 14.6. The summed E-state index contributed by atoms with van der Waals surface area (Å²) in [7, 11) is 2.11. The smallest absolute Gasteiger partial charge is 0.138 e. The van der Waals surface area contributed by atoms with Crippen molar-refractivity contribution in [3.63, 3.8) is 0 Å². The van der Waals surface area contributed by atoms with Crippen LogP contribution in [0, 0.1) is 5.82 Å². The largest absolute Gasteiger partial charge is 0.339 e. The minimum Gasteiger partial charge on any atom is -0.339 e. The first-order valence-corrected chi connectivity index (χ1v) is 8.64. The zero-order chi connectivity index (χ0) is 17.9. The van der Waals surface area contributed by atoms with Crippen molar-refractivity contribution >= 4 is 11.0 Å². The highest BCUT2D eigenvalue weighted by Gasteiger charge is 2.15. The maximum atomic E-state index is 13.3. The van der Waals surface area contributed by atoms with E-state index in [1.54, 1.807) is 18.3 Å². The van der Waals surface area contributed by atoms with E-state index >= 15 is 0 Å². The van der Waals surface area contributed by atoms with Gasteiger partial charge in [0.2, 0.25) is 0 Å². The molecule has 0 saturated carbocycles. The lowest BCUT2D eigenvalue weighted by Crippen LogP contribution is -2.17. The zero-order valence-electron chi connectivity index (χ0n) is 14.6. The SMILES string of the molecule is CN(Cc1ccccc1)Cc1c(-c2ccc(F)cc2)[nH]c2ncccc12. The summed E-state index contributed by atoms with van der Waals surface area (Å²) in [6.07, 6.45) is 1.78. The van der Waals surface area contributed by atoms with Crippen molar-refractivity contribution in [3.05, 3.63) is 89.9 Å². The molecule has 0 saturated heterocycles. The van der Waals surface area contributed by atoms with Crippen LogP contribution in [-0.4, -0.2) is 21.9 Å². The van der Waals surface area contributed by atoms with Crippen LogP contribution < -0.4 is 0 Å². The molecule has 0 aliphatic heterocycles. The number of hydrogen-bond acceptors (Lipinski definition) is 2. The number of nitrogens with zero attached hydrogens (tertiary/aromatic N) is 2. The van der Waals surface area contributed by atoms with Gasteiger partial charge in [0.25, 0.3) is 0 Å². The molecule has 4 aromatic rings. The van der Waals surface area contributed by atoms with E-state index in [0.29, 0.717) is 0 Å². The van der Waals surface area contributed by atoms with Gasteiger partial charge in [0.15, 0.2) is 0 Å². The molecule has 0 spiro atoms. The Hall–Kier alpha value is -2.98. The molecule has 1 N–H and O–H groups in total. The Morgan fingerprint density at radius 3 is 2.46 bits per heavy atom. The first kappa shape index (κ1) is 16.5. The highest BCUT2D eigenvalue weighted by atomic mass is 19.1. The Morgan fingerprint density at radius 1 is 0.923 bits per heavy atom. The maximum absolute atomic E-state index is 13.3. The lowest BCUT2D eigenvalue weighted by atomic mass is 10.1. The molecule has 0 bridgehead atoms. The van der Waals surface area contributed by atoms with Crippen LogP contribution in [-0.2, 0) is 13.1 Å². The van der Waals surface area contributed by atoms with Crippen LogP contribution in [0.5, 0.6) is 0 Å². The van der Waals surface area contributed by atoms with Crippen LogP contribution in [0.3, 0.4) is 0 Å².